The average Bonchev–Trinajstić information content (AvgIpc) is 3.15. The Labute approximate surface area is 329 Å². The third kappa shape index (κ3) is 37.3. The summed E-state index contributed by atoms with van der Waals surface area (Å²) in [4.78, 5) is 25.9. The minimum absolute atomic E-state index is 0.0721. The summed E-state index contributed by atoms with van der Waals surface area (Å²) >= 11 is 0. The molecule has 6 heteroatoms. The molecule has 0 aromatic heterocycles. The molecule has 0 bridgehead atoms. The fraction of sp³-hybridized carbons (Fsp3) is 0.915. The highest BCUT2D eigenvalue weighted by molar-refractivity contribution is 5.77. The number of hydrogen-bond acceptors (Lipinski definition) is 5. The van der Waals surface area contributed by atoms with Gasteiger partial charge in [-0.25, -0.2) is 0 Å². The number of carbonyl (C=O) groups excluding carboxylic acids is 2. The quantitative estimate of drug-likeness (QED) is 0.0328. The van der Waals surface area contributed by atoms with Gasteiger partial charge in [0.15, 0.2) is 0 Å². The Morgan fingerprint density at radius 2 is 0.943 bits per heavy atom. The monoisotopic (exact) mass is 750 g/mol. The van der Waals surface area contributed by atoms with Crippen LogP contribution in [0.1, 0.15) is 252 Å². The first-order valence-corrected chi connectivity index (χ1v) is 23.4. The number of allylic oxidation sites excluding steroid dienone is 2. The second kappa shape index (κ2) is 41.8. The van der Waals surface area contributed by atoms with Crippen LogP contribution in [0.5, 0.6) is 0 Å². The maximum Gasteiger partial charge on any atom is 0.306 e. The van der Waals surface area contributed by atoms with Crippen LogP contribution in [0.3, 0.4) is 0 Å². The lowest BCUT2D eigenvalue weighted by molar-refractivity contribution is -0.151. The minimum atomic E-state index is -0.783. The highest BCUT2D eigenvalue weighted by Crippen LogP contribution is 2.18. The van der Waals surface area contributed by atoms with E-state index in [1.165, 1.54) is 141 Å². The van der Waals surface area contributed by atoms with Crippen molar-refractivity contribution in [3.05, 3.63) is 12.2 Å². The average molecular weight is 750 g/mol. The molecule has 0 rings (SSSR count). The van der Waals surface area contributed by atoms with Gasteiger partial charge in [-0.05, 0) is 44.9 Å². The molecule has 53 heavy (non-hydrogen) atoms. The standard InChI is InChI=1S/C47H91NO5/c1-4-7-10-13-16-19-21-22-23-24-26-28-31-34-37-40-47(52)53-43(38-35-32-29-18-15-12-9-6-3)41-46(51)48-44(42-49)45(50)39-36-33-30-27-25-20-17-14-11-8-5-2/h12,15,43-45,49-50H,4-11,13-14,16-42H2,1-3H3,(H,48,51)/b15-12-. The first-order valence-electron chi connectivity index (χ1n) is 23.4. The van der Waals surface area contributed by atoms with E-state index in [1.54, 1.807) is 0 Å². The molecule has 0 saturated heterocycles. The molecule has 0 aliphatic rings. The molecule has 0 fully saturated rings. The molecule has 0 radical (unpaired) electrons. The van der Waals surface area contributed by atoms with Gasteiger partial charge in [-0.1, -0.05) is 206 Å². The molecule has 0 heterocycles. The van der Waals surface area contributed by atoms with Crippen molar-refractivity contribution in [3.8, 4) is 0 Å². The number of unbranched alkanes of at least 4 members (excludes halogenated alkanes) is 28. The van der Waals surface area contributed by atoms with E-state index >= 15 is 0 Å². The van der Waals surface area contributed by atoms with E-state index in [9.17, 15) is 19.8 Å². The van der Waals surface area contributed by atoms with Crippen LogP contribution in [-0.2, 0) is 14.3 Å². The van der Waals surface area contributed by atoms with Crippen LogP contribution in [0.4, 0.5) is 0 Å². The van der Waals surface area contributed by atoms with E-state index in [4.69, 9.17) is 4.74 Å². The van der Waals surface area contributed by atoms with Gasteiger partial charge in [-0.15, -0.1) is 0 Å². The second-order valence-electron chi connectivity index (χ2n) is 16.2. The van der Waals surface area contributed by atoms with Crippen LogP contribution in [0, 0.1) is 0 Å². The minimum Gasteiger partial charge on any atom is -0.462 e. The van der Waals surface area contributed by atoms with Crippen LogP contribution in [0.25, 0.3) is 0 Å². The molecule has 0 aliphatic carbocycles. The molecule has 0 spiro atoms. The highest BCUT2D eigenvalue weighted by Gasteiger charge is 2.24. The molecule has 0 aromatic rings. The molecule has 3 atom stereocenters. The zero-order valence-corrected chi connectivity index (χ0v) is 35.7. The van der Waals surface area contributed by atoms with Crippen molar-refractivity contribution in [2.45, 2.75) is 270 Å². The maximum absolute atomic E-state index is 13.1. The van der Waals surface area contributed by atoms with Crippen molar-refractivity contribution < 1.29 is 24.5 Å². The molecule has 0 aromatic carbocycles. The summed E-state index contributed by atoms with van der Waals surface area (Å²) in [6, 6.07) is -0.697. The van der Waals surface area contributed by atoms with E-state index in [0.717, 1.165) is 64.2 Å². The van der Waals surface area contributed by atoms with Crippen molar-refractivity contribution in [1.29, 1.82) is 0 Å². The van der Waals surface area contributed by atoms with E-state index in [1.807, 2.05) is 0 Å². The molecular weight excluding hydrogens is 659 g/mol. The van der Waals surface area contributed by atoms with Crippen LogP contribution >= 0.6 is 0 Å². The predicted octanol–water partition coefficient (Wildman–Crippen LogP) is 13.4. The van der Waals surface area contributed by atoms with Crippen LogP contribution in [-0.4, -0.2) is 46.9 Å². The lowest BCUT2D eigenvalue weighted by Crippen LogP contribution is -2.46. The van der Waals surface area contributed by atoms with E-state index in [-0.39, 0.29) is 24.9 Å². The number of carbonyl (C=O) groups is 2. The zero-order chi connectivity index (χ0) is 38.9. The molecular formula is C47H91NO5. The Morgan fingerprint density at radius 1 is 0.528 bits per heavy atom. The number of aliphatic hydroxyl groups is 2. The third-order valence-electron chi connectivity index (χ3n) is 10.8. The molecule has 1 amide bonds. The predicted molar refractivity (Wildman–Crippen MR) is 227 cm³/mol. The lowest BCUT2D eigenvalue weighted by Gasteiger charge is -2.24. The summed E-state index contributed by atoms with van der Waals surface area (Å²) in [6.45, 7) is 6.41. The van der Waals surface area contributed by atoms with Gasteiger partial charge >= 0.3 is 5.97 Å². The summed E-state index contributed by atoms with van der Waals surface area (Å²) in [5.74, 6) is -0.482. The van der Waals surface area contributed by atoms with Crippen LogP contribution in [0.15, 0.2) is 12.2 Å². The Bertz CT molecular complexity index is 802. The van der Waals surface area contributed by atoms with Crippen molar-refractivity contribution >= 4 is 11.9 Å². The van der Waals surface area contributed by atoms with Crippen molar-refractivity contribution in [2.24, 2.45) is 0 Å². The van der Waals surface area contributed by atoms with Crippen molar-refractivity contribution in [1.82, 2.24) is 5.32 Å². The van der Waals surface area contributed by atoms with E-state index in [0.29, 0.717) is 19.3 Å². The number of ether oxygens (including phenoxy) is 1. The molecule has 314 valence electrons. The molecule has 0 aliphatic heterocycles. The Morgan fingerprint density at radius 3 is 1.42 bits per heavy atom. The summed E-state index contributed by atoms with van der Waals surface area (Å²) in [5, 5.41) is 23.6. The fourth-order valence-electron chi connectivity index (χ4n) is 7.26. The smallest absolute Gasteiger partial charge is 0.306 e. The maximum atomic E-state index is 13.1. The van der Waals surface area contributed by atoms with Crippen LogP contribution in [0.2, 0.25) is 0 Å². The molecule has 3 N–H and O–H groups in total. The largest absolute Gasteiger partial charge is 0.462 e. The number of rotatable bonds is 42. The van der Waals surface area contributed by atoms with Gasteiger partial charge in [0.1, 0.15) is 6.10 Å². The van der Waals surface area contributed by atoms with Gasteiger partial charge in [0.05, 0.1) is 25.2 Å². The summed E-state index contributed by atoms with van der Waals surface area (Å²) < 4.78 is 5.88. The molecule has 0 saturated carbocycles. The highest BCUT2D eigenvalue weighted by atomic mass is 16.5. The SMILES string of the molecule is CCC/C=C\CCCCCC(CC(=O)NC(CO)C(O)CCCCCCCCCCCCC)OC(=O)CCCCCCCCCCCCCCCCC. The number of amides is 1. The zero-order valence-electron chi connectivity index (χ0n) is 35.7. The van der Waals surface area contributed by atoms with Crippen molar-refractivity contribution in [3.63, 3.8) is 0 Å². The lowest BCUT2D eigenvalue weighted by atomic mass is 10.0. The Hall–Kier alpha value is -1.40. The number of nitrogens with one attached hydrogen (secondary N) is 1. The molecule has 6 nitrogen and oxygen atoms in total. The normalized spacial score (nSPS) is 13.4. The van der Waals surface area contributed by atoms with Gasteiger partial charge < -0.3 is 20.3 Å². The van der Waals surface area contributed by atoms with Gasteiger partial charge in [-0.2, -0.15) is 0 Å². The summed E-state index contributed by atoms with van der Waals surface area (Å²) in [5.41, 5.74) is 0. The van der Waals surface area contributed by atoms with E-state index < -0.39 is 18.2 Å². The fourth-order valence-corrected chi connectivity index (χ4v) is 7.26. The summed E-state index contributed by atoms with van der Waals surface area (Å²) in [7, 11) is 0. The summed E-state index contributed by atoms with van der Waals surface area (Å²) in [6.07, 6.45) is 44.2. The molecule has 3 unspecified atom stereocenters. The van der Waals surface area contributed by atoms with Gasteiger partial charge in [-0.3, -0.25) is 9.59 Å². The van der Waals surface area contributed by atoms with Gasteiger partial charge in [0, 0.05) is 6.42 Å². The second-order valence-corrected chi connectivity index (χ2v) is 16.2. The van der Waals surface area contributed by atoms with Gasteiger partial charge in [0.2, 0.25) is 5.91 Å². The third-order valence-corrected chi connectivity index (χ3v) is 10.8. The Balaban J connectivity index is 4.44. The van der Waals surface area contributed by atoms with Crippen LogP contribution < -0.4 is 5.32 Å². The van der Waals surface area contributed by atoms with Gasteiger partial charge in [0.25, 0.3) is 0 Å². The first-order chi connectivity index (χ1) is 26.0. The van der Waals surface area contributed by atoms with Crippen molar-refractivity contribution in [2.75, 3.05) is 6.61 Å². The van der Waals surface area contributed by atoms with E-state index in [2.05, 4.69) is 38.2 Å². The number of hydrogen-bond donors (Lipinski definition) is 3. The number of esters is 1. The topological polar surface area (TPSA) is 95.9 Å². The number of aliphatic hydroxyl groups excluding tert-OH is 2. The first kappa shape index (κ1) is 51.6. The Kier molecular flexibility index (Phi) is 40.7.